The summed E-state index contributed by atoms with van der Waals surface area (Å²) in [6.45, 7) is 1.86. The molecule has 1 amide bonds. The quantitative estimate of drug-likeness (QED) is 0.449. The molecule has 0 saturated heterocycles. The number of nitrogens with one attached hydrogen (secondary N) is 1. The third kappa shape index (κ3) is 3.13. The summed E-state index contributed by atoms with van der Waals surface area (Å²) >= 11 is 3.19. The molecular weight excluding hydrogens is 262 g/mol. The van der Waals surface area contributed by atoms with E-state index in [4.69, 9.17) is 0 Å². The maximum absolute atomic E-state index is 11.5. The van der Waals surface area contributed by atoms with Crippen molar-refractivity contribution in [3.63, 3.8) is 0 Å². The van der Waals surface area contributed by atoms with Crippen LogP contribution in [0.4, 0.5) is 5.69 Å². The highest BCUT2D eigenvalue weighted by molar-refractivity contribution is 9.10. The minimum Gasteiger partial charge on any atom is -0.508 e. The van der Waals surface area contributed by atoms with Gasteiger partial charge in [-0.1, -0.05) is 22.9 Å². The van der Waals surface area contributed by atoms with Crippen LogP contribution in [-0.4, -0.2) is 20.9 Å². The zero-order valence-corrected chi connectivity index (χ0v) is 9.78. The molecule has 5 heteroatoms. The fourth-order valence-corrected chi connectivity index (χ4v) is 1.14. The van der Waals surface area contributed by atoms with E-state index in [0.717, 1.165) is 0 Å². The molecule has 0 fully saturated rings. The van der Waals surface area contributed by atoms with Crippen molar-refractivity contribution in [2.24, 2.45) is 0 Å². The number of carbonyl (C=O) groups excluding carboxylic acids is 1. The Morgan fingerprint density at radius 2 is 2.20 bits per heavy atom. The number of halogens is 1. The van der Waals surface area contributed by atoms with Crippen molar-refractivity contribution < 1.29 is 15.0 Å². The molecule has 0 aromatic heterocycles. The van der Waals surface area contributed by atoms with Gasteiger partial charge in [-0.2, -0.15) is 0 Å². The molecule has 0 heterocycles. The second-order valence-corrected chi connectivity index (χ2v) is 4.17. The molecule has 1 rings (SSSR count). The number of hydrogen-bond donors (Lipinski definition) is 3. The van der Waals surface area contributed by atoms with Gasteiger partial charge in [0.2, 0.25) is 5.91 Å². The first-order valence-corrected chi connectivity index (χ1v) is 5.43. The van der Waals surface area contributed by atoms with Gasteiger partial charge < -0.3 is 15.5 Å². The summed E-state index contributed by atoms with van der Waals surface area (Å²) in [5.74, 6) is -0.332. The monoisotopic (exact) mass is 273 g/mol. The maximum atomic E-state index is 11.5. The third-order valence-electron chi connectivity index (χ3n) is 1.88. The van der Waals surface area contributed by atoms with E-state index < -0.39 is 0 Å². The maximum Gasteiger partial charge on any atom is 0.238 e. The van der Waals surface area contributed by atoms with Gasteiger partial charge in [0.1, 0.15) is 11.5 Å². The van der Waals surface area contributed by atoms with Crippen LogP contribution < -0.4 is 5.32 Å². The van der Waals surface area contributed by atoms with Crippen molar-refractivity contribution in [1.29, 1.82) is 0 Å². The van der Waals surface area contributed by atoms with Gasteiger partial charge in [-0.05, 0) is 18.6 Å². The minimum atomic E-state index is -0.306. The first-order valence-electron chi connectivity index (χ1n) is 4.51. The topological polar surface area (TPSA) is 69.6 Å². The Kier molecular flexibility index (Phi) is 3.96. The van der Waals surface area contributed by atoms with Crippen LogP contribution in [0.1, 0.15) is 13.3 Å². The molecular formula is C10H12BrNO3. The normalized spacial score (nSPS) is 12.1. The zero-order chi connectivity index (χ0) is 11.4. The lowest BCUT2D eigenvalue weighted by molar-refractivity contribution is -0.115. The first kappa shape index (κ1) is 11.8. The van der Waals surface area contributed by atoms with Crippen LogP contribution in [0.15, 0.2) is 18.2 Å². The highest BCUT2D eigenvalue weighted by Gasteiger charge is 2.14. The number of phenols is 2. The van der Waals surface area contributed by atoms with Crippen LogP contribution in [0.3, 0.4) is 0 Å². The average Bonchev–Trinajstić information content (AvgIpc) is 2.22. The van der Waals surface area contributed by atoms with E-state index in [1.165, 1.54) is 18.2 Å². The molecule has 4 nitrogen and oxygen atoms in total. The fourth-order valence-electron chi connectivity index (χ4n) is 1.02. The second kappa shape index (κ2) is 5.02. The molecule has 0 radical (unpaired) electrons. The van der Waals surface area contributed by atoms with Crippen molar-refractivity contribution in [1.82, 2.24) is 0 Å². The number of alkyl halides is 1. The molecule has 1 aromatic carbocycles. The summed E-state index contributed by atoms with van der Waals surface area (Å²) in [5, 5.41) is 21.1. The molecule has 0 aliphatic heterocycles. The summed E-state index contributed by atoms with van der Waals surface area (Å²) in [4.78, 5) is 11.2. The molecule has 3 N–H and O–H groups in total. The van der Waals surface area contributed by atoms with E-state index in [1.807, 2.05) is 6.92 Å². The summed E-state index contributed by atoms with van der Waals surface area (Å²) < 4.78 is 0. The van der Waals surface area contributed by atoms with Crippen LogP contribution in [0.25, 0.3) is 0 Å². The lowest BCUT2D eigenvalue weighted by Crippen LogP contribution is -2.21. The van der Waals surface area contributed by atoms with Gasteiger partial charge in [-0.25, -0.2) is 0 Å². The van der Waals surface area contributed by atoms with Crippen LogP contribution in [-0.2, 0) is 4.79 Å². The van der Waals surface area contributed by atoms with Gasteiger partial charge in [-0.3, -0.25) is 4.79 Å². The minimum absolute atomic E-state index is 0.00859. The number of amides is 1. The van der Waals surface area contributed by atoms with Crippen LogP contribution in [0.5, 0.6) is 11.5 Å². The smallest absolute Gasteiger partial charge is 0.238 e. The largest absolute Gasteiger partial charge is 0.508 e. The number of phenolic OH excluding ortho intramolecular Hbond substituents is 2. The number of anilines is 1. The number of aromatic hydroxyl groups is 2. The van der Waals surface area contributed by atoms with Crippen molar-refractivity contribution in [2.45, 2.75) is 18.2 Å². The number of hydrogen-bond acceptors (Lipinski definition) is 3. The van der Waals surface area contributed by atoms with E-state index in [-0.39, 0.29) is 27.9 Å². The number of carbonyl (C=O) groups is 1. The Labute approximate surface area is 96.1 Å². The van der Waals surface area contributed by atoms with E-state index in [2.05, 4.69) is 21.2 Å². The van der Waals surface area contributed by atoms with Crippen LogP contribution in [0, 0.1) is 0 Å². The highest BCUT2D eigenvalue weighted by Crippen LogP contribution is 2.27. The van der Waals surface area contributed by atoms with Gasteiger partial charge in [0, 0.05) is 6.07 Å². The average molecular weight is 274 g/mol. The summed E-state index contributed by atoms with van der Waals surface area (Å²) in [5.41, 5.74) is 0.206. The Morgan fingerprint density at radius 1 is 1.53 bits per heavy atom. The molecule has 0 saturated carbocycles. The molecule has 1 atom stereocenters. The lowest BCUT2D eigenvalue weighted by Gasteiger charge is -2.10. The van der Waals surface area contributed by atoms with Crippen LogP contribution >= 0.6 is 15.9 Å². The van der Waals surface area contributed by atoms with Crippen molar-refractivity contribution in [3.05, 3.63) is 18.2 Å². The highest BCUT2D eigenvalue weighted by atomic mass is 79.9. The molecule has 0 aliphatic carbocycles. The van der Waals surface area contributed by atoms with Gasteiger partial charge in [0.15, 0.2) is 0 Å². The van der Waals surface area contributed by atoms with Crippen LogP contribution in [0.2, 0.25) is 0 Å². The molecule has 0 aliphatic rings. The van der Waals surface area contributed by atoms with Crippen molar-refractivity contribution >= 4 is 27.5 Å². The van der Waals surface area contributed by atoms with E-state index in [9.17, 15) is 15.0 Å². The van der Waals surface area contributed by atoms with E-state index in [1.54, 1.807) is 0 Å². The van der Waals surface area contributed by atoms with Crippen molar-refractivity contribution in [3.8, 4) is 11.5 Å². The Morgan fingerprint density at radius 3 is 2.80 bits per heavy atom. The summed E-state index contributed by atoms with van der Waals surface area (Å²) in [7, 11) is 0. The molecule has 0 bridgehead atoms. The molecule has 15 heavy (non-hydrogen) atoms. The molecule has 1 aromatic rings. The standard InChI is InChI=1S/C10H12BrNO3/c1-2-7(11)10(15)12-8-5-6(13)3-4-9(8)14/h3-5,7,13-14H,2H2,1H3,(H,12,15)/t7-/m1/s1. The Balaban J connectivity index is 2.80. The first-order chi connectivity index (χ1) is 7.04. The molecule has 0 unspecified atom stereocenters. The predicted octanol–water partition coefficient (Wildman–Crippen LogP) is 2.21. The predicted molar refractivity (Wildman–Crippen MR) is 61.4 cm³/mol. The second-order valence-electron chi connectivity index (χ2n) is 3.07. The molecule has 82 valence electrons. The lowest BCUT2D eigenvalue weighted by atomic mass is 10.2. The summed E-state index contributed by atoms with van der Waals surface area (Å²) in [6.07, 6.45) is 0.644. The number of rotatable bonds is 3. The van der Waals surface area contributed by atoms with Gasteiger partial charge in [-0.15, -0.1) is 0 Å². The third-order valence-corrected chi connectivity index (χ3v) is 2.94. The zero-order valence-electron chi connectivity index (χ0n) is 8.20. The van der Waals surface area contributed by atoms with E-state index >= 15 is 0 Å². The Bertz CT molecular complexity index is 368. The van der Waals surface area contributed by atoms with Gasteiger partial charge in [0.25, 0.3) is 0 Å². The Hall–Kier alpha value is -1.23. The van der Waals surface area contributed by atoms with Gasteiger partial charge >= 0.3 is 0 Å². The SMILES string of the molecule is CC[C@@H](Br)C(=O)Nc1cc(O)ccc1O. The number of benzene rings is 1. The van der Waals surface area contributed by atoms with Gasteiger partial charge in [0.05, 0.1) is 10.5 Å². The summed E-state index contributed by atoms with van der Waals surface area (Å²) in [6, 6.07) is 3.96. The fraction of sp³-hybridized carbons (Fsp3) is 0.300. The van der Waals surface area contributed by atoms with E-state index in [0.29, 0.717) is 6.42 Å². The van der Waals surface area contributed by atoms with Crippen molar-refractivity contribution in [2.75, 3.05) is 5.32 Å². The molecule has 0 spiro atoms.